The van der Waals surface area contributed by atoms with Crippen LogP contribution in [0.1, 0.15) is 6.42 Å². The number of carboxylic acid groups (broad SMARTS) is 1. The van der Waals surface area contributed by atoms with Crippen LogP contribution >= 0.6 is 12.6 Å². The molecule has 0 radical (unpaired) electrons. The number of carbonyl (C=O) groups excluding carboxylic acids is 4. The molecular formula is C11H19N5O6S. The Balaban J connectivity index is 4.76. The predicted octanol–water partition coefficient (Wildman–Crippen LogP) is -4.08. The van der Waals surface area contributed by atoms with E-state index in [9.17, 15) is 24.0 Å². The monoisotopic (exact) mass is 349 g/mol. The van der Waals surface area contributed by atoms with Gasteiger partial charge in [0.15, 0.2) is 0 Å². The molecule has 130 valence electrons. The van der Waals surface area contributed by atoms with Crippen molar-refractivity contribution in [1.29, 1.82) is 0 Å². The summed E-state index contributed by atoms with van der Waals surface area (Å²) in [6.07, 6.45) is -0.540. The first-order valence-electron chi connectivity index (χ1n) is 6.39. The SMILES string of the molecule is NCC(=O)NCC(=O)NC(CC(N)=O)C(=O)NC(CS)C(=O)O. The summed E-state index contributed by atoms with van der Waals surface area (Å²) in [5.74, 6) is -4.67. The Morgan fingerprint density at radius 3 is 2.09 bits per heavy atom. The number of carbonyl (C=O) groups is 5. The fraction of sp³-hybridized carbons (Fsp3) is 0.545. The van der Waals surface area contributed by atoms with E-state index in [1.165, 1.54) is 0 Å². The normalized spacial score (nSPS) is 12.6. The second-order valence-corrected chi connectivity index (χ2v) is 4.72. The number of rotatable bonds is 10. The third-order valence-electron chi connectivity index (χ3n) is 2.49. The molecule has 0 aliphatic heterocycles. The van der Waals surface area contributed by atoms with Gasteiger partial charge in [-0.15, -0.1) is 0 Å². The molecule has 8 N–H and O–H groups in total. The van der Waals surface area contributed by atoms with Gasteiger partial charge in [0.1, 0.15) is 12.1 Å². The Morgan fingerprint density at radius 1 is 1.04 bits per heavy atom. The molecule has 0 fully saturated rings. The molecule has 0 saturated carbocycles. The zero-order chi connectivity index (χ0) is 18.0. The number of primary amides is 1. The standard InChI is InChI=1S/C11H19N5O6S/c12-2-8(18)14-3-9(19)15-5(1-7(13)17)10(20)16-6(4-23)11(21)22/h5-6,23H,1-4,12H2,(H2,13,17)(H,14,18)(H,15,19)(H,16,20)(H,21,22). The zero-order valence-electron chi connectivity index (χ0n) is 12.1. The average Bonchev–Trinajstić information content (AvgIpc) is 2.48. The molecule has 0 aromatic carbocycles. The van der Waals surface area contributed by atoms with E-state index in [1.807, 2.05) is 0 Å². The maximum atomic E-state index is 11.9. The van der Waals surface area contributed by atoms with E-state index in [2.05, 4.69) is 28.6 Å². The fourth-order valence-corrected chi connectivity index (χ4v) is 1.61. The van der Waals surface area contributed by atoms with Crippen LogP contribution < -0.4 is 27.4 Å². The predicted molar refractivity (Wildman–Crippen MR) is 81.2 cm³/mol. The highest BCUT2D eigenvalue weighted by Gasteiger charge is 2.27. The highest BCUT2D eigenvalue weighted by molar-refractivity contribution is 7.80. The van der Waals surface area contributed by atoms with E-state index in [0.29, 0.717) is 0 Å². The molecule has 0 aliphatic rings. The van der Waals surface area contributed by atoms with Crippen molar-refractivity contribution in [3.05, 3.63) is 0 Å². The van der Waals surface area contributed by atoms with Crippen molar-refractivity contribution in [1.82, 2.24) is 16.0 Å². The molecule has 12 heteroatoms. The molecule has 2 atom stereocenters. The number of hydrogen-bond donors (Lipinski definition) is 7. The second kappa shape index (κ2) is 10.4. The number of aliphatic carboxylic acids is 1. The summed E-state index contributed by atoms with van der Waals surface area (Å²) in [7, 11) is 0. The van der Waals surface area contributed by atoms with Crippen molar-refractivity contribution < 1.29 is 29.1 Å². The maximum absolute atomic E-state index is 11.9. The van der Waals surface area contributed by atoms with Crippen LogP contribution in [0.2, 0.25) is 0 Å². The lowest BCUT2D eigenvalue weighted by Crippen LogP contribution is -2.54. The number of amides is 4. The van der Waals surface area contributed by atoms with Gasteiger partial charge < -0.3 is 32.5 Å². The molecule has 0 heterocycles. The van der Waals surface area contributed by atoms with Gasteiger partial charge in [0, 0.05) is 5.75 Å². The molecule has 4 amide bonds. The Labute approximate surface area is 136 Å². The van der Waals surface area contributed by atoms with Gasteiger partial charge >= 0.3 is 5.97 Å². The summed E-state index contributed by atoms with van der Waals surface area (Å²) in [5, 5.41) is 15.3. The molecule has 0 bridgehead atoms. The fourth-order valence-electron chi connectivity index (χ4n) is 1.36. The van der Waals surface area contributed by atoms with E-state index >= 15 is 0 Å². The summed E-state index contributed by atoms with van der Waals surface area (Å²) in [5.41, 5.74) is 10.0. The van der Waals surface area contributed by atoms with Crippen LogP contribution in [0.4, 0.5) is 0 Å². The highest BCUT2D eigenvalue weighted by atomic mass is 32.1. The van der Waals surface area contributed by atoms with Crippen molar-refractivity contribution in [3.8, 4) is 0 Å². The maximum Gasteiger partial charge on any atom is 0.327 e. The molecular weight excluding hydrogens is 330 g/mol. The number of carboxylic acids is 1. The van der Waals surface area contributed by atoms with Gasteiger partial charge in [-0.05, 0) is 0 Å². The van der Waals surface area contributed by atoms with Gasteiger partial charge in [0.05, 0.1) is 19.5 Å². The average molecular weight is 349 g/mol. The van der Waals surface area contributed by atoms with E-state index in [4.69, 9.17) is 16.6 Å². The van der Waals surface area contributed by atoms with Crippen molar-refractivity contribution in [2.24, 2.45) is 11.5 Å². The summed E-state index contributed by atoms with van der Waals surface area (Å²) in [6, 6.07) is -2.67. The lowest BCUT2D eigenvalue weighted by molar-refractivity contribution is -0.141. The second-order valence-electron chi connectivity index (χ2n) is 4.35. The quantitative estimate of drug-likeness (QED) is 0.195. The van der Waals surface area contributed by atoms with Crippen LogP contribution in [0, 0.1) is 0 Å². The summed E-state index contributed by atoms with van der Waals surface area (Å²) < 4.78 is 0. The summed E-state index contributed by atoms with van der Waals surface area (Å²) in [4.78, 5) is 56.3. The molecule has 0 aromatic rings. The number of nitrogens with one attached hydrogen (secondary N) is 3. The minimum absolute atomic E-state index is 0.190. The first-order valence-corrected chi connectivity index (χ1v) is 7.03. The largest absolute Gasteiger partial charge is 0.480 e. The van der Waals surface area contributed by atoms with Gasteiger partial charge in [-0.25, -0.2) is 4.79 Å². The summed E-state index contributed by atoms with van der Waals surface area (Å²) >= 11 is 3.77. The Morgan fingerprint density at radius 2 is 1.65 bits per heavy atom. The van der Waals surface area contributed by atoms with Crippen LogP contribution in [-0.4, -0.2) is 65.6 Å². The molecule has 23 heavy (non-hydrogen) atoms. The minimum Gasteiger partial charge on any atom is -0.480 e. The van der Waals surface area contributed by atoms with Crippen LogP contribution in [0.5, 0.6) is 0 Å². The number of hydrogen-bond acceptors (Lipinski definition) is 7. The zero-order valence-corrected chi connectivity index (χ0v) is 13.0. The highest BCUT2D eigenvalue weighted by Crippen LogP contribution is 1.96. The van der Waals surface area contributed by atoms with E-state index < -0.39 is 54.6 Å². The third kappa shape index (κ3) is 8.63. The number of thiol groups is 1. The van der Waals surface area contributed by atoms with Gasteiger partial charge in [-0.3, -0.25) is 19.2 Å². The number of nitrogens with two attached hydrogens (primary N) is 2. The summed E-state index contributed by atoms with van der Waals surface area (Å²) in [6.45, 7) is -0.784. The molecule has 11 nitrogen and oxygen atoms in total. The molecule has 0 rings (SSSR count). The molecule has 0 aliphatic carbocycles. The van der Waals surface area contributed by atoms with Crippen molar-refractivity contribution in [2.75, 3.05) is 18.8 Å². The van der Waals surface area contributed by atoms with Gasteiger partial charge in [-0.2, -0.15) is 12.6 Å². The van der Waals surface area contributed by atoms with Crippen LogP contribution in [0.3, 0.4) is 0 Å². The lowest BCUT2D eigenvalue weighted by atomic mass is 10.1. The Kier molecular flexibility index (Phi) is 9.34. The smallest absolute Gasteiger partial charge is 0.327 e. The van der Waals surface area contributed by atoms with Gasteiger partial charge in [0.25, 0.3) is 0 Å². The Bertz CT molecular complexity index is 486. The van der Waals surface area contributed by atoms with Crippen LogP contribution in [-0.2, 0) is 24.0 Å². The van der Waals surface area contributed by atoms with Gasteiger partial charge in [0.2, 0.25) is 23.6 Å². The van der Waals surface area contributed by atoms with E-state index in [1.54, 1.807) is 0 Å². The van der Waals surface area contributed by atoms with Gasteiger partial charge in [-0.1, -0.05) is 0 Å². The third-order valence-corrected chi connectivity index (χ3v) is 2.85. The molecule has 0 spiro atoms. The molecule has 0 saturated heterocycles. The lowest BCUT2D eigenvalue weighted by Gasteiger charge is -2.19. The Hall–Kier alpha value is -2.34. The van der Waals surface area contributed by atoms with Crippen molar-refractivity contribution >= 4 is 42.2 Å². The topological polar surface area (TPSA) is 194 Å². The van der Waals surface area contributed by atoms with Crippen molar-refractivity contribution in [3.63, 3.8) is 0 Å². The van der Waals surface area contributed by atoms with Crippen LogP contribution in [0.15, 0.2) is 0 Å². The minimum atomic E-state index is -1.38. The van der Waals surface area contributed by atoms with Crippen LogP contribution in [0.25, 0.3) is 0 Å². The molecule has 2 unspecified atom stereocenters. The van der Waals surface area contributed by atoms with E-state index in [-0.39, 0.29) is 12.3 Å². The first kappa shape index (κ1) is 20.7. The first-order chi connectivity index (χ1) is 10.7. The van der Waals surface area contributed by atoms with E-state index in [0.717, 1.165) is 0 Å². The molecule has 0 aromatic heterocycles. The van der Waals surface area contributed by atoms with Crippen molar-refractivity contribution in [2.45, 2.75) is 18.5 Å².